The van der Waals surface area contributed by atoms with Gasteiger partial charge in [-0.3, -0.25) is 14.4 Å². The Kier molecular flexibility index (Phi) is 4.92. The Morgan fingerprint density at radius 3 is 1.20 bits per heavy atom. The largest absolute Gasteiger partial charge is 0.506 e. The summed E-state index contributed by atoms with van der Waals surface area (Å²) in [7, 11) is 0. The van der Waals surface area contributed by atoms with Crippen LogP contribution in [-0.4, -0.2) is 49.6 Å². The van der Waals surface area contributed by atoms with E-state index in [1.807, 2.05) is 0 Å². The van der Waals surface area contributed by atoms with Crippen LogP contribution in [0.1, 0.15) is 31.1 Å². The van der Waals surface area contributed by atoms with E-state index in [0.29, 0.717) is 0 Å². The Labute approximate surface area is 111 Å². The minimum atomic E-state index is -0.861. The lowest BCUT2D eigenvalue weighted by Gasteiger charge is -2.08. The summed E-state index contributed by atoms with van der Waals surface area (Å²) in [4.78, 5) is 31.4. The van der Waals surface area contributed by atoms with Crippen molar-refractivity contribution in [3.8, 4) is 17.2 Å². The molecule has 9 nitrogen and oxygen atoms in total. The van der Waals surface area contributed by atoms with Gasteiger partial charge in [0.25, 0.3) is 0 Å². The lowest BCUT2D eigenvalue weighted by molar-refractivity contribution is 0.111. The average molecular weight is 279 g/mol. The van der Waals surface area contributed by atoms with E-state index < -0.39 is 33.9 Å². The van der Waals surface area contributed by atoms with Crippen LogP contribution >= 0.6 is 0 Å². The highest BCUT2D eigenvalue weighted by Gasteiger charge is 2.22. The SMILES string of the molecule is O=Cc1c(O)c(C=O)c(O)c(C=O)c1O.c1cn[nH]n1. The fourth-order valence-corrected chi connectivity index (χ4v) is 1.27. The molecule has 2 aromatic rings. The van der Waals surface area contributed by atoms with E-state index >= 15 is 0 Å². The van der Waals surface area contributed by atoms with E-state index in [9.17, 15) is 29.7 Å². The number of phenols is 3. The Balaban J connectivity index is 0.000000333. The summed E-state index contributed by atoms with van der Waals surface area (Å²) < 4.78 is 0. The number of hydrogen-bond acceptors (Lipinski definition) is 8. The van der Waals surface area contributed by atoms with Gasteiger partial charge in [-0.25, -0.2) is 0 Å². The maximum Gasteiger partial charge on any atom is 0.157 e. The second-order valence-electron chi connectivity index (χ2n) is 3.30. The molecule has 0 fully saturated rings. The van der Waals surface area contributed by atoms with Gasteiger partial charge in [0.15, 0.2) is 18.9 Å². The van der Waals surface area contributed by atoms with Crippen LogP contribution in [0.25, 0.3) is 0 Å². The molecule has 0 radical (unpaired) electrons. The summed E-state index contributed by atoms with van der Waals surface area (Å²) >= 11 is 0. The van der Waals surface area contributed by atoms with Crippen molar-refractivity contribution in [3.63, 3.8) is 0 Å². The predicted octanol–water partition coefficient (Wildman–Crippen LogP) is 0.0456. The van der Waals surface area contributed by atoms with Crippen molar-refractivity contribution in [1.29, 1.82) is 0 Å². The highest BCUT2D eigenvalue weighted by molar-refractivity contribution is 6.00. The second kappa shape index (κ2) is 6.64. The number of nitrogens with zero attached hydrogens (tertiary/aromatic N) is 2. The maximum absolute atomic E-state index is 10.5. The second-order valence-corrected chi connectivity index (χ2v) is 3.30. The van der Waals surface area contributed by atoms with Gasteiger partial charge in [0.05, 0.1) is 29.1 Å². The lowest BCUT2D eigenvalue weighted by atomic mass is 10.0. The van der Waals surface area contributed by atoms with Gasteiger partial charge in [-0.2, -0.15) is 15.4 Å². The van der Waals surface area contributed by atoms with Gasteiger partial charge in [-0.05, 0) is 0 Å². The molecule has 1 aromatic heterocycles. The number of aromatic hydroxyl groups is 3. The summed E-state index contributed by atoms with van der Waals surface area (Å²) in [5.41, 5.74) is -1.84. The van der Waals surface area contributed by atoms with Crippen LogP contribution in [0, 0.1) is 0 Å². The van der Waals surface area contributed by atoms with Crippen LogP contribution < -0.4 is 0 Å². The zero-order valence-corrected chi connectivity index (χ0v) is 9.85. The third-order valence-electron chi connectivity index (χ3n) is 2.22. The number of hydrogen-bond donors (Lipinski definition) is 4. The summed E-state index contributed by atoms with van der Waals surface area (Å²) in [5, 5.41) is 37.1. The fraction of sp³-hybridized carbons (Fsp3) is 0. The standard InChI is InChI=1S/C9H6O6.C2H3N3/c10-1-4-7(13)5(2-11)9(15)6(3-12)8(4)14;1-2-4-5-3-1/h1-3,13-15H;1-2H,(H,3,4,5). The van der Waals surface area contributed by atoms with Crippen molar-refractivity contribution in [2.45, 2.75) is 0 Å². The summed E-state index contributed by atoms with van der Waals surface area (Å²) in [6, 6.07) is 0. The predicted molar refractivity (Wildman–Crippen MR) is 64.0 cm³/mol. The van der Waals surface area contributed by atoms with E-state index in [1.165, 1.54) is 0 Å². The number of aromatic nitrogens is 3. The number of aromatic amines is 1. The van der Waals surface area contributed by atoms with E-state index in [2.05, 4.69) is 15.4 Å². The normalized spacial score (nSPS) is 9.20. The molecule has 9 heteroatoms. The van der Waals surface area contributed by atoms with E-state index in [-0.39, 0.29) is 18.9 Å². The molecule has 1 heterocycles. The first-order valence-corrected chi connectivity index (χ1v) is 5.04. The maximum atomic E-state index is 10.5. The Morgan fingerprint density at radius 2 is 1.05 bits per heavy atom. The summed E-state index contributed by atoms with van der Waals surface area (Å²) in [6.07, 6.45) is 3.39. The molecule has 0 aliphatic rings. The van der Waals surface area contributed by atoms with Crippen LogP contribution in [-0.2, 0) is 0 Å². The molecule has 4 N–H and O–H groups in total. The van der Waals surface area contributed by atoms with Crippen LogP contribution in [0.3, 0.4) is 0 Å². The highest BCUT2D eigenvalue weighted by Crippen LogP contribution is 2.38. The number of rotatable bonds is 3. The molecule has 20 heavy (non-hydrogen) atoms. The Morgan fingerprint density at radius 1 is 0.750 bits per heavy atom. The number of nitrogens with one attached hydrogen (secondary N) is 1. The monoisotopic (exact) mass is 279 g/mol. The van der Waals surface area contributed by atoms with Crippen LogP contribution in [0.15, 0.2) is 12.4 Å². The van der Waals surface area contributed by atoms with Gasteiger partial charge < -0.3 is 15.3 Å². The number of phenolic OH excluding ortho intramolecular Hbond substituents is 3. The molecule has 0 amide bonds. The molecule has 1 aromatic carbocycles. The van der Waals surface area contributed by atoms with Crippen LogP contribution in [0.5, 0.6) is 17.2 Å². The number of H-pyrrole nitrogens is 1. The molecule has 0 spiro atoms. The topological polar surface area (TPSA) is 153 Å². The molecule has 0 aliphatic heterocycles. The number of carbonyl (C=O) groups excluding carboxylic acids is 3. The van der Waals surface area contributed by atoms with Gasteiger partial charge in [-0.15, -0.1) is 0 Å². The zero-order chi connectivity index (χ0) is 15.1. The first kappa shape index (κ1) is 14.8. The molecule has 0 saturated heterocycles. The molecular formula is C11H9N3O6. The van der Waals surface area contributed by atoms with Gasteiger partial charge in [-0.1, -0.05) is 0 Å². The fourth-order valence-electron chi connectivity index (χ4n) is 1.27. The minimum Gasteiger partial charge on any atom is -0.506 e. The molecule has 104 valence electrons. The van der Waals surface area contributed by atoms with Crippen molar-refractivity contribution in [2.24, 2.45) is 0 Å². The number of aldehydes is 3. The molecule has 0 saturated carbocycles. The van der Waals surface area contributed by atoms with Crippen molar-refractivity contribution >= 4 is 18.9 Å². The molecule has 0 unspecified atom stereocenters. The number of benzene rings is 1. The van der Waals surface area contributed by atoms with Crippen molar-refractivity contribution in [2.75, 3.05) is 0 Å². The first-order chi connectivity index (χ1) is 9.58. The minimum absolute atomic E-state index is 0.0735. The summed E-state index contributed by atoms with van der Waals surface area (Å²) in [6.45, 7) is 0. The molecule has 0 bridgehead atoms. The van der Waals surface area contributed by atoms with Crippen LogP contribution in [0.2, 0.25) is 0 Å². The average Bonchev–Trinajstić information content (AvgIpc) is 2.99. The van der Waals surface area contributed by atoms with E-state index in [1.54, 1.807) is 12.4 Å². The molecule has 0 atom stereocenters. The van der Waals surface area contributed by atoms with Gasteiger partial charge in [0.2, 0.25) is 0 Å². The highest BCUT2D eigenvalue weighted by atomic mass is 16.3. The molecular weight excluding hydrogens is 270 g/mol. The Hall–Kier alpha value is -3.23. The third-order valence-corrected chi connectivity index (χ3v) is 2.22. The van der Waals surface area contributed by atoms with E-state index in [0.717, 1.165) is 0 Å². The molecule has 2 rings (SSSR count). The lowest BCUT2D eigenvalue weighted by Crippen LogP contribution is -1.96. The smallest absolute Gasteiger partial charge is 0.157 e. The number of carbonyl (C=O) groups is 3. The molecule has 0 aliphatic carbocycles. The first-order valence-electron chi connectivity index (χ1n) is 5.04. The van der Waals surface area contributed by atoms with E-state index in [4.69, 9.17) is 0 Å². The van der Waals surface area contributed by atoms with Gasteiger partial charge >= 0.3 is 0 Å². The van der Waals surface area contributed by atoms with Crippen LogP contribution in [0.4, 0.5) is 0 Å². The summed E-state index contributed by atoms with van der Waals surface area (Å²) in [5.74, 6) is -2.58. The third kappa shape index (κ3) is 2.77. The quantitative estimate of drug-likeness (QED) is 0.574. The van der Waals surface area contributed by atoms with Crippen molar-refractivity contribution < 1.29 is 29.7 Å². The van der Waals surface area contributed by atoms with Crippen molar-refractivity contribution in [1.82, 2.24) is 15.4 Å². The van der Waals surface area contributed by atoms with Crippen molar-refractivity contribution in [3.05, 3.63) is 29.1 Å². The zero-order valence-electron chi connectivity index (χ0n) is 9.85. The Bertz CT molecular complexity index is 519. The van der Waals surface area contributed by atoms with Gasteiger partial charge in [0, 0.05) is 0 Å². The van der Waals surface area contributed by atoms with Gasteiger partial charge in [0.1, 0.15) is 17.2 Å².